The molecular formula is C20H20N2O4. The van der Waals surface area contributed by atoms with Crippen molar-refractivity contribution in [2.45, 2.75) is 19.3 Å². The number of ether oxygens (including phenoxy) is 2. The smallest absolute Gasteiger partial charge is 0.246 e. The van der Waals surface area contributed by atoms with Crippen LogP contribution in [0.1, 0.15) is 17.5 Å². The average molecular weight is 352 g/mol. The largest absolute Gasteiger partial charge is 0.454 e. The number of carbonyl (C=O) groups is 2. The van der Waals surface area contributed by atoms with E-state index >= 15 is 0 Å². The van der Waals surface area contributed by atoms with Gasteiger partial charge in [-0.15, -0.1) is 0 Å². The molecule has 0 radical (unpaired) electrons. The molecule has 0 fully saturated rings. The minimum atomic E-state index is -0.136. The third-order valence-electron chi connectivity index (χ3n) is 4.70. The molecular weight excluding hydrogens is 332 g/mol. The molecule has 0 spiro atoms. The fourth-order valence-corrected chi connectivity index (χ4v) is 3.31. The van der Waals surface area contributed by atoms with E-state index in [1.165, 1.54) is 5.56 Å². The number of hydrogen-bond donors (Lipinski definition) is 1. The molecule has 0 atom stereocenters. The number of para-hydroxylation sites is 1. The van der Waals surface area contributed by atoms with Gasteiger partial charge in [0.15, 0.2) is 11.5 Å². The minimum Gasteiger partial charge on any atom is -0.454 e. The average Bonchev–Trinajstić information content (AvgIpc) is 3.30. The first-order valence-electron chi connectivity index (χ1n) is 8.74. The summed E-state index contributed by atoms with van der Waals surface area (Å²) < 4.78 is 10.6. The highest BCUT2D eigenvalue weighted by atomic mass is 16.7. The van der Waals surface area contributed by atoms with Gasteiger partial charge in [-0.05, 0) is 42.2 Å². The Hall–Kier alpha value is -3.02. The highest BCUT2D eigenvalue weighted by molar-refractivity contribution is 5.98. The van der Waals surface area contributed by atoms with Gasteiger partial charge in [0.05, 0.1) is 6.54 Å². The summed E-state index contributed by atoms with van der Waals surface area (Å²) in [6.07, 6.45) is 1.77. The number of anilines is 1. The van der Waals surface area contributed by atoms with Crippen molar-refractivity contribution in [3.8, 4) is 11.5 Å². The van der Waals surface area contributed by atoms with Crippen molar-refractivity contribution < 1.29 is 19.1 Å². The maximum atomic E-state index is 12.4. The molecule has 0 unspecified atom stereocenters. The standard InChI is InChI=1S/C20H20N2O4/c23-19(8-6-14-5-7-17-18(11-14)26-13-25-17)21-12-20(24)22-10-9-15-3-1-2-4-16(15)22/h1-5,7,11H,6,8-10,12-13H2,(H,21,23). The highest BCUT2D eigenvalue weighted by Crippen LogP contribution is 2.32. The van der Waals surface area contributed by atoms with Gasteiger partial charge in [-0.25, -0.2) is 0 Å². The number of nitrogens with one attached hydrogen (secondary N) is 1. The lowest BCUT2D eigenvalue weighted by Crippen LogP contribution is -2.39. The zero-order valence-electron chi connectivity index (χ0n) is 14.4. The van der Waals surface area contributed by atoms with Gasteiger partial charge in [-0.1, -0.05) is 24.3 Å². The number of rotatable bonds is 5. The monoisotopic (exact) mass is 352 g/mol. The van der Waals surface area contributed by atoms with Gasteiger partial charge in [0, 0.05) is 18.7 Å². The Balaban J connectivity index is 1.26. The molecule has 0 saturated heterocycles. The van der Waals surface area contributed by atoms with Crippen molar-refractivity contribution in [2.24, 2.45) is 0 Å². The first-order valence-corrected chi connectivity index (χ1v) is 8.74. The van der Waals surface area contributed by atoms with Gasteiger partial charge in [-0.3, -0.25) is 9.59 Å². The van der Waals surface area contributed by atoms with E-state index in [4.69, 9.17) is 9.47 Å². The van der Waals surface area contributed by atoms with Crippen molar-refractivity contribution in [3.05, 3.63) is 53.6 Å². The molecule has 2 aromatic carbocycles. The molecule has 0 saturated carbocycles. The summed E-state index contributed by atoms with van der Waals surface area (Å²) in [6.45, 7) is 0.931. The van der Waals surface area contributed by atoms with E-state index < -0.39 is 0 Å². The van der Waals surface area contributed by atoms with Crippen LogP contribution in [0.25, 0.3) is 0 Å². The zero-order valence-corrected chi connectivity index (χ0v) is 14.4. The van der Waals surface area contributed by atoms with Gasteiger partial charge in [-0.2, -0.15) is 0 Å². The molecule has 1 N–H and O–H groups in total. The molecule has 2 aliphatic rings. The second-order valence-electron chi connectivity index (χ2n) is 6.39. The fourth-order valence-electron chi connectivity index (χ4n) is 3.31. The number of nitrogens with zero attached hydrogens (tertiary/aromatic N) is 1. The van der Waals surface area contributed by atoms with Crippen LogP contribution in [-0.4, -0.2) is 31.7 Å². The van der Waals surface area contributed by atoms with Gasteiger partial charge in [0.2, 0.25) is 18.6 Å². The lowest BCUT2D eigenvalue weighted by molar-refractivity contribution is -0.124. The van der Waals surface area contributed by atoms with E-state index in [-0.39, 0.29) is 25.2 Å². The van der Waals surface area contributed by atoms with Crippen molar-refractivity contribution in [3.63, 3.8) is 0 Å². The van der Waals surface area contributed by atoms with E-state index in [0.29, 0.717) is 25.1 Å². The van der Waals surface area contributed by atoms with Crippen molar-refractivity contribution in [1.82, 2.24) is 5.32 Å². The Morgan fingerprint density at radius 2 is 1.92 bits per heavy atom. The van der Waals surface area contributed by atoms with Crippen LogP contribution in [0.3, 0.4) is 0 Å². The molecule has 6 heteroatoms. The Labute approximate surface area is 151 Å². The maximum Gasteiger partial charge on any atom is 0.246 e. The number of aryl methyl sites for hydroxylation is 1. The van der Waals surface area contributed by atoms with Gasteiger partial charge >= 0.3 is 0 Å². The predicted molar refractivity (Wildman–Crippen MR) is 96.4 cm³/mol. The normalized spacial score (nSPS) is 14.2. The minimum absolute atomic E-state index is 0.0221. The van der Waals surface area contributed by atoms with Crippen molar-refractivity contribution in [1.29, 1.82) is 0 Å². The van der Waals surface area contributed by atoms with Crippen LogP contribution in [0.5, 0.6) is 11.5 Å². The second-order valence-corrected chi connectivity index (χ2v) is 6.39. The van der Waals surface area contributed by atoms with E-state index in [1.807, 2.05) is 42.5 Å². The molecule has 134 valence electrons. The summed E-state index contributed by atoms with van der Waals surface area (Å²) in [4.78, 5) is 26.2. The maximum absolute atomic E-state index is 12.4. The van der Waals surface area contributed by atoms with E-state index in [9.17, 15) is 9.59 Å². The van der Waals surface area contributed by atoms with Gasteiger partial charge < -0.3 is 19.7 Å². The molecule has 26 heavy (non-hydrogen) atoms. The first kappa shape index (κ1) is 16.4. The SMILES string of the molecule is O=C(CCc1ccc2c(c1)OCO2)NCC(=O)N1CCc2ccccc21. The van der Waals surface area contributed by atoms with Crippen LogP contribution >= 0.6 is 0 Å². The Kier molecular flexibility index (Phi) is 4.48. The van der Waals surface area contributed by atoms with Crippen LogP contribution in [0, 0.1) is 0 Å². The molecule has 2 amide bonds. The molecule has 2 aliphatic heterocycles. The molecule has 4 rings (SSSR count). The molecule has 2 heterocycles. The number of carbonyl (C=O) groups excluding carboxylic acids is 2. The summed E-state index contributed by atoms with van der Waals surface area (Å²) in [7, 11) is 0. The zero-order chi connectivity index (χ0) is 17.9. The molecule has 2 aromatic rings. The first-order chi connectivity index (χ1) is 12.7. The van der Waals surface area contributed by atoms with Gasteiger partial charge in [0.1, 0.15) is 0 Å². The molecule has 0 bridgehead atoms. The van der Waals surface area contributed by atoms with Crippen molar-refractivity contribution in [2.75, 3.05) is 24.8 Å². The van der Waals surface area contributed by atoms with Crippen LogP contribution < -0.4 is 19.7 Å². The summed E-state index contributed by atoms with van der Waals surface area (Å²) in [5, 5.41) is 2.73. The summed E-state index contributed by atoms with van der Waals surface area (Å²) in [5.41, 5.74) is 3.13. The third kappa shape index (κ3) is 3.35. The van der Waals surface area contributed by atoms with Crippen LogP contribution in [-0.2, 0) is 22.4 Å². The fraction of sp³-hybridized carbons (Fsp3) is 0.300. The molecule has 6 nitrogen and oxygen atoms in total. The Bertz CT molecular complexity index is 849. The highest BCUT2D eigenvalue weighted by Gasteiger charge is 2.24. The lowest BCUT2D eigenvalue weighted by atomic mass is 10.1. The van der Waals surface area contributed by atoms with Crippen LogP contribution in [0.4, 0.5) is 5.69 Å². The molecule has 0 aromatic heterocycles. The Morgan fingerprint density at radius 3 is 2.85 bits per heavy atom. The van der Waals surface area contributed by atoms with E-state index in [1.54, 1.807) is 4.90 Å². The summed E-state index contributed by atoms with van der Waals surface area (Å²) in [6, 6.07) is 13.5. The second kappa shape index (κ2) is 7.07. The third-order valence-corrected chi connectivity index (χ3v) is 4.70. The van der Waals surface area contributed by atoms with Crippen LogP contribution in [0.15, 0.2) is 42.5 Å². The quantitative estimate of drug-likeness (QED) is 0.894. The Morgan fingerprint density at radius 1 is 1.08 bits per heavy atom. The predicted octanol–water partition coefficient (Wildman–Crippen LogP) is 2.05. The lowest BCUT2D eigenvalue weighted by Gasteiger charge is -2.17. The van der Waals surface area contributed by atoms with Gasteiger partial charge in [0.25, 0.3) is 0 Å². The number of hydrogen-bond acceptors (Lipinski definition) is 4. The van der Waals surface area contributed by atoms with E-state index in [2.05, 4.69) is 5.32 Å². The topological polar surface area (TPSA) is 67.9 Å². The number of fused-ring (bicyclic) bond motifs is 2. The van der Waals surface area contributed by atoms with E-state index in [0.717, 1.165) is 23.4 Å². The molecule has 0 aliphatic carbocycles. The summed E-state index contributed by atoms with van der Waals surface area (Å²) in [5.74, 6) is 1.23. The summed E-state index contributed by atoms with van der Waals surface area (Å²) >= 11 is 0. The van der Waals surface area contributed by atoms with Crippen molar-refractivity contribution >= 4 is 17.5 Å². The number of amides is 2. The van der Waals surface area contributed by atoms with Crippen LogP contribution in [0.2, 0.25) is 0 Å². The number of benzene rings is 2.